The second-order valence-corrected chi connectivity index (χ2v) is 17.9. The van der Waals surface area contributed by atoms with Gasteiger partial charge in [0.2, 0.25) is 0 Å². The first kappa shape index (κ1) is 16.8. The molecule has 1 N–H and O–H groups in total. The quantitative estimate of drug-likeness (QED) is 0.411. The molecule has 0 aliphatic carbocycles. The molecule has 6 radical (unpaired) electrons. The van der Waals surface area contributed by atoms with Crippen molar-refractivity contribution in [3.8, 4) is 0 Å². The van der Waals surface area contributed by atoms with Crippen LogP contribution < -0.4 is 0 Å². The van der Waals surface area contributed by atoms with Gasteiger partial charge < -0.3 is 0 Å². The number of carbonyl (C=O) groups excluding carboxylic acids is 1. The molecule has 0 aromatic heterocycles. The van der Waals surface area contributed by atoms with Crippen molar-refractivity contribution >= 4 is 63.4 Å². The van der Waals surface area contributed by atoms with Crippen molar-refractivity contribution < 1.29 is 14.7 Å². The van der Waals surface area contributed by atoms with Crippen molar-refractivity contribution in [2.75, 3.05) is 20.1 Å². The molecule has 1 aliphatic heterocycles. The van der Waals surface area contributed by atoms with Crippen LogP contribution in [0.4, 0.5) is 0 Å². The van der Waals surface area contributed by atoms with Gasteiger partial charge in [-0.2, -0.15) is 0 Å². The Labute approximate surface area is 140 Å². The van der Waals surface area contributed by atoms with E-state index >= 15 is 0 Å². The van der Waals surface area contributed by atoms with E-state index in [0.717, 1.165) is 64.5 Å². The summed E-state index contributed by atoms with van der Waals surface area (Å²) in [5.74, 6) is -0.798. The van der Waals surface area contributed by atoms with E-state index in [0.29, 0.717) is 13.0 Å². The first-order chi connectivity index (χ1) is 8.38. The number of likely N-dealkylation sites (N-methyl/N-ethyl adjacent to an activating group) is 1. The van der Waals surface area contributed by atoms with Crippen LogP contribution in [0.25, 0.3) is 0 Å². The fraction of sp³-hybridized carbons (Fsp3) is 0.818. The van der Waals surface area contributed by atoms with Crippen LogP contribution in [-0.2, 0) is 9.59 Å². The van der Waals surface area contributed by atoms with Crippen molar-refractivity contribution in [1.29, 1.82) is 0 Å². The zero-order valence-electron chi connectivity index (χ0n) is 10.7. The van der Waals surface area contributed by atoms with Gasteiger partial charge in [0.25, 0.3) is 0 Å². The number of likely N-dealkylation sites (tertiary alicyclic amines) is 1. The number of hydrogen-bond donors (Lipinski definition) is 1. The molecule has 2 unspecified atom stereocenters. The van der Waals surface area contributed by atoms with E-state index in [1.165, 1.54) is 0 Å². The topological polar surface area (TPSA) is 60.9 Å². The number of carboxylic acids is 1. The van der Waals surface area contributed by atoms with Gasteiger partial charge in [0.1, 0.15) is 0 Å². The van der Waals surface area contributed by atoms with E-state index in [4.69, 9.17) is 0 Å². The number of hydrogen-bond acceptors (Lipinski definition) is 3. The number of carbonyl (C=O) groups is 2. The van der Waals surface area contributed by atoms with Crippen molar-refractivity contribution in [3.05, 3.63) is 0 Å². The molecule has 1 fully saturated rings. The van der Waals surface area contributed by atoms with Crippen molar-refractivity contribution in [3.63, 3.8) is 0 Å². The van der Waals surface area contributed by atoms with Gasteiger partial charge in [0.05, 0.1) is 0 Å². The molecule has 98 valence electrons. The summed E-state index contributed by atoms with van der Waals surface area (Å²) in [6, 6.07) is -0.427. The summed E-state index contributed by atoms with van der Waals surface area (Å²) in [4.78, 5) is 27.2. The van der Waals surface area contributed by atoms with Gasteiger partial charge >= 0.3 is 141 Å². The van der Waals surface area contributed by atoms with Gasteiger partial charge in [-0.15, -0.1) is 0 Å². The molecular weight excluding hydrogens is 623 g/mol. The van der Waals surface area contributed by atoms with Gasteiger partial charge in [-0.25, -0.2) is 0 Å². The first-order valence-corrected chi connectivity index (χ1v) is 10.5. The van der Waals surface area contributed by atoms with Crippen molar-refractivity contribution in [1.82, 2.24) is 9.80 Å². The zero-order chi connectivity index (χ0) is 13.9. The summed E-state index contributed by atoms with van der Waals surface area (Å²) < 4.78 is 0.127. The zero-order valence-corrected chi connectivity index (χ0v) is 18.5. The Morgan fingerprint density at radius 3 is 2.56 bits per heavy atom. The monoisotopic (exact) mass is 642 g/mol. The molecule has 7 heteroatoms. The minimum atomic E-state index is -0.861. The number of nitrogens with zero attached hydrogens (tertiary/aromatic N) is 2. The van der Waals surface area contributed by atoms with Gasteiger partial charge in [-0.3, -0.25) is 0 Å². The SMILES string of the molecule is CCCN(C)C1CC(C(=O)O)N(C(=O)[CH]([Pb])[Pb])C1. The summed E-state index contributed by atoms with van der Waals surface area (Å²) in [5.41, 5.74) is 0. The maximum absolute atomic E-state index is 12.1. The Morgan fingerprint density at radius 2 is 2.11 bits per heavy atom. The number of carboxylic acid groups (broad SMARTS) is 1. The molecule has 5 nitrogen and oxygen atoms in total. The standard InChI is InChI=1S/C11H18N2O3.2Pb/c1-4-5-12(3)9-6-10(11(15)16)13(7-9)8(2)14;;/h2,9-10H,4-7H2,1,3H3,(H,15,16);;. The Morgan fingerprint density at radius 1 is 1.50 bits per heavy atom. The van der Waals surface area contributed by atoms with Crippen LogP contribution in [0.5, 0.6) is 0 Å². The molecule has 0 spiro atoms. The fourth-order valence-corrected chi connectivity index (χ4v) is 3.60. The molecule has 2 atom stereocenters. The number of aliphatic carboxylic acids is 1. The molecule has 1 rings (SSSR count). The summed E-state index contributed by atoms with van der Waals surface area (Å²) in [7, 11) is 2.01. The van der Waals surface area contributed by atoms with Gasteiger partial charge in [0, 0.05) is 0 Å². The van der Waals surface area contributed by atoms with Crippen LogP contribution in [0.15, 0.2) is 0 Å². The van der Waals surface area contributed by atoms with Crippen LogP contribution >= 0.6 is 0 Å². The van der Waals surface area contributed by atoms with Crippen molar-refractivity contribution in [2.45, 2.75) is 32.9 Å². The molecule has 18 heavy (non-hydrogen) atoms. The van der Waals surface area contributed by atoms with E-state index in [1.807, 2.05) is 7.05 Å². The molecule has 0 aromatic rings. The van der Waals surface area contributed by atoms with E-state index in [1.54, 1.807) is 4.90 Å². The van der Waals surface area contributed by atoms with Gasteiger partial charge in [-0.1, -0.05) is 0 Å². The molecule has 1 heterocycles. The maximum atomic E-state index is 12.1. The average molecular weight is 641 g/mol. The molecule has 1 aliphatic rings. The van der Waals surface area contributed by atoms with Gasteiger partial charge in [0.15, 0.2) is 0 Å². The number of rotatable bonds is 5. The molecular formula is C11H18N2O3Pb2. The minimum absolute atomic E-state index is 0.0631. The van der Waals surface area contributed by atoms with E-state index < -0.39 is 12.0 Å². The summed E-state index contributed by atoms with van der Waals surface area (Å²) in [5, 5.41) is 9.25. The Bertz CT molecular complexity index is 325. The Kier molecular flexibility index (Phi) is 7.00. The fourth-order valence-electron chi connectivity index (χ4n) is 2.31. The third kappa shape index (κ3) is 4.12. The van der Waals surface area contributed by atoms with E-state index in [2.05, 4.69) is 11.8 Å². The second kappa shape index (κ2) is 7.51. The van der Waals surface area contributed by atoms with Crippen LogP contribution in [0.1, 0.15) is 19.8 Å². The first-order valence-electron chi connectivity index (χ1n) is 6.04. The summed E-state index contributed by atoms with van der Waals surface area (Å²) in [6.45, 7) is 3.63. The van der Waals surface area contributed by atoms with Crippen molar-refractivity contribution in [2.24, 2.45) is 0 Å². The second-order valence-electron chi connectivity index (χ2n) is 4.65. The van der Waals surface area contributed by atoms with E-state index in [9.17, 15) is 14.7 Å². The third-order valence-corrected chi connectivity index (χ3v) is 5.21. The van der Waals surface area contributed by atoms with Crippen LogP contribution in [0.3, 0.4) is 0 Å². The predicted molar refractivity (Wildman–Crippen MR) is 69.7 cm³/mol. The van der Waals surface area contributed by atoms with E-state index in [-0.39, 0.29) is 13.0 Å². The molecule has 1 amide bonds. The normalized spacial score (nSPS) is 24.0. The predicted octanol–water partition coefficient (Wildman–Crippen LogP) is -0.535. The molecule has 1 saturated heterocycles. The van der Waals surface area contributed by atoms with Gasteiger partial charge in [-0.05, 0) is 0 Å². The van der Waals surface area contributed by atoms with Crippen LogP contribution in [0, 0.1) is 0 Å². The molecule has 0 bridgehead atoms. The summed E-state index contributed by atoms with van der Waals surface area (Å²) >= 11 is 1.66. The molecule has 0 saturated carbocycles. The third-order valence-electron chi connectivity index (χ3n) is 3.29. The average Bonchev–Trinajstić information content (AvgIpc) is 2.72. The van der Waals surface area contributed by atoms with Crippen LogP contribution in [-0.4, -0.2) is 111 Å². The Balaban J connectivity index is 2.77. The van der Waals surface area contributed by atoms with Crippen LogP contribution in [0.2, 0.25) is 1.04 Å². The Hall–Kier alpha value is 0.744. The molecule has 0 aromatic carbocycles. The number of amides is 1. The summed E-state index contributed by atoms with van der Waals surface area (Å²) in [6.07, 6.45) is 1.61.